The second-order valence-corrected chi connectivity index (χ2v) is 3.70. The number of amides is 1. The molecule has 0 aliphatic heterocycles. The van der Waals surface area contributed by atoms with Crippen LogP contribution in [0.15, 0.2) is 4.99 Å². The average Bonchev–Trinajstić information content (AvgIpc) is 2.44. The molecule has 0 aromatic carbocycles. The molecule has 6 nitrogen and oxygen atoms in total. The van der Waals surface area contributed by atoms with Gasteiger partial charge in [-0.15, -0.1) is 0 Å². The van der Waals surface area contributed by atoms with Crippen molar-refractivity contribution in [1.82, 2.24) is 10.3 Å². The van der Waals surface area contributed by atoms with Crippen LogP contribution in [0.25, 0.3) is 0 Å². The van der Waals surface area contributed by atoms with Crippen LogP contribution in [-0.4, -0.2) is 23.9 Å². The number of aryl methyl sites for hydroxylation is 1. The molecule has 0 spiro atoms. The second-order valence-electron chi connectivity index (χ2n) is 2.52. The zero-order valence-corrected chi connectivity index (χ0v) is 8.68. The molecule has 1 rings (SSSR count). The molecule has 0 unspecified atom stereocenters. The SMILES string of the molecule is CNC(=O)c1nc(N=C(N)N)sc1C. The van der Waals surface area contributed by atoms with E-state index in [-0.39, 0.29) is 11.9 Å². The number of nitrogens with zero attached hydrogens (tertiary/aromatic N) is 2. The van der Waals surface area contributed by atoms with Crippen molar-refractivity contribution < 1.29 is 4.79 Å². The van der Waals surface area contributed by atoms with Crippen LogP contribution in [0, 0.1) is 6.92 Å². The fraction of sp³-hybridized carbons (Fsp3) is 0.286. The largest absolute Gasteiger partial charge is 0.370 e. The first-order chi connectivity index (χ1) is 6.54. The summed E-state index contributed by atoms with van der Waals surface area (Å²) in [6.07, 6.45) is 0. The number of nitrogens with two attached hydrogens (primary N) is 2. The lowest BCUT2D eigenvalue weighted by Crippen LogP contribution is -2.22. The maximum atomic E-state index is 11.3. The summed E-state index contributed by atoms with van der Waals surface area (Å²) in [5, 5.41) is 2.87. The number of nitrogens with one attached hydrogen (secondary N) is 1. The highest BCUT2D eigenvalue weighted by molar-refractivity contribution is 7.15. The van der Waals surface area contributed by atoms with Crippen molar-refractivity contribution in [2.45, 2.75) is 6.92 Å². The minimum Gasteiger partial charge on any atom is -0.370 e. The number of aromatic nitrogens is 1. The fourth-order valence-corrected chi connectivity index (χ4v) is 1.67. The van der Waals surface area contributed by atoms with E-state index in [4.69, 9.17) is 11.5 Å². The zero-order chi connectivity index (χ0) is 10.7. The van der Waals surface area contributed by atoms with Gasteiger partial charge in [0.15, 0.2) is 5.96 Å². The lowest BCUT2D eigenvalue weighted by Gasteiger charge is -1.93. The molecular weight excluding hydrogens is 202 g/mol. The minimum atomic E-state index is -0.240. The summed E-state index contributed by atoms with van der Waals surface area (Å²) in [6.45, 7) is 1.79. The summed E-state index contributed by atoms with van der Waals surface area (Å²) in [5.41, 5.74) is 10.7. The first kappa shape index (κ1) is 10.5. The highest BCUT2D eigenvalue weighted by Crippen LogP contribution is 2.24. The van der Waals surface area contributed by atoms with Crippen molar-refractivity contribution in [2.24, 2.45) is 16.5 Å². The van der Waals surface area contributed by atoms with Crippen LogP contribution in [0.1, 0.15) is 15.4 Å². The van der Waals surface area contributed by atoms with E-state index in [0.29, 0.717) is 10.8 Å². The maximum Gasteiger partial charge on any atom is 0.270 e. The molecule has 0 saturated carbocycles. The molecular formula is C7H11N5OS. The van der Waals surface area contributed by atoms with Crippen LogP contribution in [0.3, 0.4) is 0 Å². The van der Waals surface area contributed by atoms with Crippen LogP contribution >= 0.6 is 11.3 Å². The molecule has 1 amide bonds. The molecule has 76 valence electrons. The van der Waals surface area contributed by atoms with Crippen LogP contribution in [0.2, 0.25) is 0 Å². The monoisotopic (exact) mass is 213 g/mol. The van der Waals surface area contributed by atoms with Gasteiger partial charge in [-0.25, -0.2) is 4.98 Å². The molecule has 14 heavy (non-hydrogen) atoms. The summed E-state index contributed by atoms with van der Waals surface area (Å²) in [4.78, 5) is 19.8. The predicted octanol–water partition coefficient (Wildman–Crippen LogP) is -0.284. The predicted molar refractivity (Wildman–Crippen MR) is 55.7 cm³/mol. The molecule has 1 aromatic heterocycles. The Labute approximate surface area is 85.0 Å². The van der Waals surface area contributed by atoms with E-state index in [2.05, 4.69) is 15.3 Å². The highest BCUT2D eigenvalue weighted by atomic mass is 32.1. The Morgan fingerprint density at radius 2 is 2.21 bits per heavy atom. The lowest BCUT2D eigenvalue weighted by atomic mass is 10.4. The number of thiazole rings is 1. The van der Waals surface area contributed by atoms with Crippen LogP contribution in [0.4, 0.5) is 5.13 Å². The first-order valence-corrected chi connectivity index (χ1v) is 4.65. The first-order valence-electron chi connectivity index (χ1n) is 3.83. The molecule has 0 atom stereocenters. The highest BCUT2D eigenvalue weighted by Gasteiger charge is 2.13. The molecule has 7 heteroatoms. The third-order valence-corrected chi connectivity index (χ3v) is 2.32. The van der Waals surface area contributed by atoms with E-state index in [1.807, 2.05) is 0 Å². The second kappa shape index (κ2) is 4.05. The van der Waals surface area contributed by atoms with Crippen molar-refractivity contribution in [1.29, 1.82) is 0 Å². The Bertz CT molecular complexity index is 379. The number of hydrogen-bond donors (Lipinski definition) is 3. The molecule has 0 aliphatic carbocycles. The van der Waals surface area contributed by atoms with E-state index in [9.17, 15) is 4.79 Å². The van der Waals surface area contributed by atoms with Gasteiger partial charge in [0.05, 0.1) is 0 Å². The van der Waals surface area contributed by atoms with Gasteiger partial charge in [-0.05, 0) is 6.92 Å². The van der Waals surface area contributed by atoms with Gasteiger partial charge in [0.2, 0.25) is 5.13 Å². The Morgan fingerprint density at radius 3 is 2.71 bits per heavy atom. The zero-order valence-electron chi connectivity index (χ0n) is 7.87. The lowest BCUT2D eigenvalue weighted by molar-refractivity contribution is 0.0958. The topological polar surface area (TPSA) is 106 Å². The molecule has 0 saturated heterocycles. The van der Waals surface area contributed by atoms with Crippen molar-refractivity contribution >= 4 is 28.3 Å². The normalized spacial score (nSPS) is 9.57. The van der Waals surface area contributed by atoms with Crippen LogP contribution in [-0.2, 0) is 0 Å². The van der Waals surface area contributed by atoms with Gasteiger partial charge < -0.3 is 16.8 Å². The third-order valence-electron chi connectivity index (χ3n) is 1.45. The number of rotatable bonds is 2. The Hall–Kier alpha value is -1.63. The molecule has 1 aromatic rings. The summed E-state index contributed by atoms with van der Waals surface area (Å²) in [5.74, 6) is -0.307. The summed E-state index contributed by atoms with van der Waals surface area (Å²) < 4.78 is 0. The van der Waals surface area contributed by atoms with Crippen molar-refractivity contribution in [3.63, 3.8) is 0 Å². The van der Waals surface area contributed by atoms with E-state index in [1.165, 1.54) is 11.3 Å². The van der Waals surface area contributed by atoms with Gasteiger partial charge in [-0.3, -0.25) is 4.79 Å². The van der Waals surface area contributed by atoms with Gasteiger partial charge in [0.25, 0.3) is 5.91 Å². The van der Waals surface area contributed by atoms with Gasteiger partial charge in [0, 0.05) is 11.9 Å². The third kappa shape index (κ3) is 2.19. The van der Waals surface area contributed by atoms with Crippen molar-refractivity contribution in [3.05, 3.63) is 10.6 Å². The van der Waals surface area contributed by atoms with E-state index in [1.54, 1.807) is 14.0 Å². The smallest absolute Gasteiger partial charge is 0.270 e. The molecule has 1 heterocycles. The molecule has 5 N–H and O–H groups in total. The van der Waals surface area contributed by atoms with E-state index in [0.717, 1.165) is 4.88 Å². The van der Waals surface area contributed by atoms with Gasteiger partial charge in [-0.1, -0.05) is 11.3 Å². The van der Waals surface area contributed by atoms with Gasteiger partial charge >= 0.3 is 0 Å². The van der Waals surface area contributed by atoms with Gasteiger partial charge in [-0.2, -0.15) is 4.99 Å². The maximum absolute atomic E-state index is 11.3. The van der Waals surface area contributed by atoms with Gasteiger partial charge in [0.1, 0.15) is 5.69 Å². The molecule has 0 bridgehead atoms. The Morgan fingerprint density at radius 1 is 1.57 bits per heavy atom. The Balaban J connectivity index is 3.05. The molecule has 0 fully saturated rings. The number of carbonyl (C=O) groups is 1. The number of aliphatic imine (C=N–C) groups is 1. The van der Waals surface area contributed by atoms with Crippen molar-refractivity contribution in [3.8, 4) is 0 Å². The fourth-order valence-electron chi connectivity index (χ4n) is 0.870. The number of hydrogen-bond acceptors (Lipinski definition) is 4. The summed E-state index contributed by atoms with van der Waals surface area (Å²) in [6, 6.07) is 0. The summed E-state index contributed by atoms with van der Waals surface area (Å²) in [7, 11) is 1.54. The Kier molecular flexibility index (Phi) is 3.03. The van der Waals surface area contributed by atoms with Crippen molar-refractivity contribution in [2.75, 3.05) is 7.05 Å². The standard InChI is InChI=1S/C7H11N5OS/c1-3-4(5(13)10-2)11-7(14-3)12-6(8)9/h1-2H3,(H,10,13)(H4,8,9,11,12). The number of carbonyl (C=O) groups excluding carboxylic acids is 1. The molecule has 0 aliphatic rings. The number of guanidine groups is 1. The van der Waals surface area contributed by atoms with Crippen LogP contribution in [0.5, 0.6) is 0 Å². The summed E-state index contributed by atoms with van der Waals surface area (Å²) >= 11 is 1.27. The van der Waals surface area contributed by atoms with E-state index < -0.39 is 0 Å². The minimum absolute atomic E-state index is 0.0674. The average molecular weight is 213 g/mol. The quantitative estimate of drug-likeness (QED) is 0.463. The molecule has 0 radical (unpaired) electrons. The van der Waals surface area contributed by atoms with E-state index >= 15 is 0 Å². The van der Waals surface area contributed by atoms with Crippen LogP contribution < -0.4 is 16.8 Å².